The predicted molar refractivity (Wildman–Crippen MR) is 32.0 cm³/mol. The molecule has 6 nitrogen and oxygen atoms in total. The highest BCUT2D eigenvalue weighted by Gasteiger charge is 2.31. The summed E-state index contributed by atoms with van der Waals surface area (Å²) >= 11 is 0. The number of primary amides is 1. The van der Waals surface area contributed by atoms with Crippen LogP contribution in [-0.2, 0) is 9.59 Å². The minimum Gasteiger partial charge on any atom is -0.367 e. The summed E-state index contributed by atoms with van der Waals surface area (Å²) in [5.41, 5.74) is 4.88. The molecule has 1 fully saturated rings. The fourth-order valence-electron chi connectivity index (χ4n) is 0.773. The van der Waals surface area contributed by atoms with E-state index in [1.165, 1.54) is 0 Å². The lowest BCUT2D eigenvalue weighted by Gasteiger charge is -2.12. The lowest BCUT2D eigenvalue weighted by Crippen LogP contribution is -2.49. The van der Waals surface area contributed by atoms with Gasteiger partial charge >= 0.3 is 0 Å². The molecule has 1 atom stereocenters. The molecule has 5 N–H and O–H groups in total. The monoisotopic (exact) mass is 144 g/mol. The van der Waals surface area contributed by atoms with Crippen molar-refractivity contribution in [2.24, 2.45) is 11.6 Å². The van der Waals surface area contributed by atoms with Crippen LogP contribution in [0.5, 0.6) is 0 Å². The highest BCUT2D eigenvalue weighted by Crippen LogP contribution is 1.95. The molecule has 56 valence electrons. The van der Waals surface area contributed by atoms with E-state index in [-0.39, 0.29) is 12.5 Å². The Labute approximate surface area is 57.1 Å². The summed E-state index contributed by atoms with van der Waals surface area (Å²) in [4.78, 5) is 21.0. The van der Waals surface area contributed by atoms with E-state index in [1.54, 1.807) is 0 Å². The lowest BCUT2D eigenvalue weighted by atomic mass is 10.5. The van der Waals surface area contributed by atoms with Crippen LogP contribution in [0.1, 0.15) is 0 Å². The van der Waals surface area contributed by atoms with Gasteiger partial charge in [0.25, 0.3) is 5.91 Å². The molecule has 1 rings (SSSR count). The second-order valence-electron chi connectivity index (χ2n) is 2.04. The molecule has 1 saturated heterocycles. The third-order valence-corrected chi connectivity index (χ3v) is 1.23. The van der Waals surface area contributed by atoms with E-state index in [9.17, 15) is 9.59 Å². The Hall–Kier alpha value is -1.14. The standard InChI is InChI=1S/C4H8N4O2/c5-3(10)4-7-2(9)1-8(4)6/h4H,1,6H2,(H2,5,10)(H,7,9). The maximum atomic E-state index is 10.5. The first-order valence-corrected chi connectivity index (χ1v) is 2.71. The van der Waals surface area contributed by atoms with E-state index in [0.29, 0.717) is 0 Å². The number of carbonyl (C=O) groups excluding carboxylic acids is 2. The number of nitrogens with two attached hydrogens (primary N) is 2. The van der Waals surface area contributed by atoms with Gasteiger partial charge in [0.15, 0.2) is 6.17 Å². The number of hydrogen-bond acceptors (Lipinski definition) is 4. The second-order valence-corrected chi connectivity index (χ2v) is 2.04. The van der Waals surface area contributed by atoms with Crippen LogP contribution in [0.4, 0.5) is 0 Å². The average molecular weight is 144 g/mol. The lowest BCUT2D eigenvalue weighted by molar-refractivity contribution is -0.124. The van der Waals surface area contributed by atoms with Crippen LogP contribution in [-0.4, -0.2) is 29.5 Å². The average Bonchev–Trinajstić information content (AvgIpc) is 2.10. The fourth-order valence-corrected chi connectivity index (χ4v) is 0.773. The van der Waals surface area contributed by atoms with Crippen molar-refractivity contribution in [1.29, 1.82) is 0 Å². The van der Waals surface area contributed by atoms with E-state index in [4.69, 9.17) is 11.6 Å². The van der Waals surface area contributed by atoms with E-state index in [1.807, 2.05) is 0 Å². The number of rotatable bonds is 1. The van der Waals surface area contributed by atoms with Gasteiger partial charge in [-0.25, -0.2) is 5.01 Å². The van der Waals surface area contributed by atoms with Crippen molar-refractivity contribution >= 4 is 11.8 Å². The molecule has 10 heavy (non-hydrogen) atoms. The van der Waals surface area contributed by atoms with Gasteiger partial charge in [-0.3, -0.25) is 15.4 Å². The molecular formula is C4H8N4O2. The molecule has 1 heterocycles. The minimum atomic E-state index is -0.840. The molecule has 2 amide bonds. The zero-order valence-electron chi connectivity index (χ0n) is 5.20. The van der Waals surface area contributed by atoms with Crippen molar-refractivity contribution in [3.63, 3.8) is 0 Å². The molecule has 0 aromatic heterocycles. The van der Waals surface area contributed by atoms with Gasteiger partial charge in [0, 0.05) is 0 Å². The summed E-state index contributed by atoms with van der Waals surface area (Å²) in [6.07, 6.45) is -0.840. The quantitative estimate of drug-likeness (QED) is 0.344. The summed E-state index contributed by atoms with van der Waals surface area (Å²) in [5.74, 6) is 4.29. The number of carbonyl (C=O) groups is 2. The fraction of sp³-hybridized carbons (Fsp3) is 0.500. The number of hydrazine groups is 1. The van der Waals surface area contributed by atoms with Crippen molar-refractivity contribution in [3.05, 3.63) is 0 Å². The molecule has 0 saturated carbocycles. The van der Waals surface area contributed by atoms with Crippen LogP contribution in [0.3, 0.4) is 0 Å². The summed E-state index contributed by atoms with van der Waals surface area (Å²) in [6.45, 7) is 0.0214. The van der Waals surface area contributed by atoms with Crippen LogP contribution in [0.25, 0.3) is 0 Å². The first-order chi connectivity index (χ1) is 4.61. The van der Waals surface area contributed by atoms with Gasteiger partial charge in [-0.05, 0) is 0 Å². The third-order valence-electron chi connectivity index (χ3n) is 1.23. The van der Waals surface area contributed by atoms with Crippen LogP contribution >= 0.6 is 0 Å². The van der Waals surface area contributed by atoms with Crippen LogP contribution < -0.4 is 16.9 Å². The topological polar surface area (TPSA) is 101 Å². The number of nitrogens with zero attached hydrogens (tertiary/aromatic N) is 1. The number of hydrogen-bond donors (Lipinski definition) is 3. The normalized spacial score (nSPS) is 26.5. The van der Waals surface area contributed by atoms with E-state index in [2.05, 4.69) is 5.32 Å². The van der Waals surface area contributed by atoms with Crippen molar-refractivity contribution < 1.29 is 9.59 Å². The summed E-state index contributed by atoms with van der Waals surface area (Å²) in [5, 5.41) is 3.35. The maximum Gasteiger partial charge on any atom is 0.256 e. The highest BCUT2D eigenvalue weighted by atomic mass is 16.2. The first-order valence-electron chi connectivity index (χ1n) is 2.71. The zero-order valence-corrected chi connectivity index (χ0v) is 5.20. The minimum absolute atomic E-state index is 0.0214. The van der Waals surface area contributed by atoms with Crippen LogP contribution in [0.15, 0.2) is 0 Å². The van der Waals surface area contributed by atoms with Gasteiger partial charge < -0.3 is 11.1 Å². The third kappa shape index (κ3) is 1.07. The first kappa shape index (κ1) is 6.97. The van der Waals surface area contributed by atoms with Crippen LogP contribution in [0, 0.1) is 0 Å². The van der Waals surface area contributed by atoms with Gasteiger partial charge in [-0.15, -0.1) is 0 Å². The van der Waals surface area contributed by atoms with Gasteiger partial charge in [-0.1, -0.05) is 0 Å². The molecule has 0 aliphatic carbocycles. The van der Waals surface area contributed by atoms with Crippen molar-refractivity contribution in [1.82, 2.24) is 10.3 Å². The highest BCUT2D eigenvalue weighted by molar-refractivity contribution is 5.90. The predicted octanol–water partition coefficient (Wildman–Crippen LogP) is -2.90. The molecule has 0 radical (unpaired) electrons. The Bertz CT molecular complexity index is 180. The van der Waals surface area contributed by atoms with E-state index >= 15 is 0 Å². The van der Waals surface area contributed by atoms with Crippen molar-refractivity contribution in [3.8, 4) is 0 Å². The number of amides is 2. The molecular weight excluding hydrogens is 136 g/mol. The van der Waals surface area contributed by atoms with Gasteiger partial charge in [0.05, 0.1) is 6.54 Å². The van der Waals surface area contributed by atoms with Gasteiger partial charge in [0.1, 0.15) is 0 Å². The summed E-state index contributed by atoms with van der Waals surface area (Å²) in [7, 11) is 0. The summed E-state index contributed by atoms with van der Waals surface area (Å²) < 4.78 is 0. The maximum absolute atomic E-state index is 10.5. The van der Waals surface area contributed by atoms with E-state index < -0.39 is 12.1 Å². The van der Waals surface area contributed by atoms with Gasteiger partial charge in [0.2, 0.25) is 5.91 Å². The van der Waals surface area contributed by atoms with Crippen molar-refractivity contribution in [2.75, 3.05) is 6.54 Å². The molecule has 0 spiro atoms. The second kappa shape index (κ2) is 2.24. The van der Waals surface area contributed by atoms with Crippen LogP contribution in [0.2, 0.25) is 0 Å². The Morgan fingerprint density at radius 3 is 2.60 bits per heavy atom. The summed E-state index contributed by atoms with van der Waals surface area (Å²) in [6, 6.07) is 0. The molecule has 0 aromatic rings. The van der Waals surface area contributed by atoms with Crippen molar-refractivity contribution in [2.45, 2.75) is 6.17 Å². The Balaban J connectivity index is 2.63. The molecule has 1 aliphatic rings. The molecule has 6 heteroatoms. The molecule has 0 bridgehead atoms. The Kier molecular flexibility index (Phi) is 1.56. The van der Waals surface area contributed by atoms with E-state index in [0.717, 1.165) is 5.01 Å². The number of nitrogens with one attached hydrogen (secondary N) is 1. The molecule has 1 aliphatic heterocycles. The Morgan fingerprint density at radius 1 is 1.80 bits per heavy atom. The largest absolute Gasteiger partial charge is 0.367 e. The zero-order chi connectivity index (χ0) is 7.72. The smallest absolute Gasteiger partial charge is 0.256 e. The SMILES string of the molecule is NC(=O)C1NC(=O)CN1N. The van der Waals surface area contributed by atoms with Gasteiger partial charge in [-0.2, -0.15) is 0 Å². The molecule has 1 unspecified atom stereocenters. The Morgan fingerprint density at radius 2 is 2.40 bits per heavy atom. The molecule has 0 aromatic carbocycles.